The molecule has 1 aromatic heterocycles. The molecule has 1 saturated carbocycles. The number of hydrogen-bond acceptors (Lipinski definition) is 3. The third-order valence-corrected chi connectivity index (χ3v) is 3.26. The Kier molecular flexibility index (Phi) is 1.67. The van der Waals surface area contributed by atoms with Crippen LogP contribution in [0, 0.1) is 0 Å². The van der Waals surface area contributed by atoms with Crippen LogP contribution >= 0.6 is 22.9 Å². The van der Waals surface area contributed by atoms with E-state index in [1.807, 2.05) is 0 Å². The first kappa shape index (κ1) is 7.53. The zero-order valence-electron chi connectivity index (χ0n) is 6.13. The van der Waals surface area contributed by atoms with Crippen LogP contribution in [0.15, 0.2) is 6.20 Å². The van der Waals surface area contributed by atoms with Gasteiger partial charge in [0.25, 0.3) is 0 Å². The van der Waals surface area contributed by atoms with Crippen LogP contribution in [0.5, 0.6) is 0 Å². The number of ether oxygens (including phenoxy) is 1. The largest absolute Gasteiger partial charge is 0.371 e. The summed E-state index contributed by atoms with van der Waals surface area (Å²) in [6.07, 6.45) is 3.83. The Hall–Kier alpha value is -0.120. The highest BCUT2D eigenvalue weighted by Crippen LogP contribution is 2.50. The van der Waals surface area contributed by atoms with E-state index in [-0.39, 0.29) is 5.60 Å². The molecule has 1 aliphatic rings. The van der Waals surface area contributed by atoms with Crippen molar-refractivity contribution in [2.75, 3.05) is 7.11 Å². The molecule has 1 heterocycles. The maximum atomic E-state index is 5.75. The summed E-state index contributed by atoms with van der Waals surface area (Å²) in [6, 6.07) is 0. The lowest BCUT2D eigenvalue weighted by atomic mass is 10.4. The molecule has 0 spiro atoms. The van der Waals surface area contributed by atoms with Gasteiger partial charge in [-0.05, 0) is 12.8 Å². The second-order valence-electron chi connectivity index (χ2n) is 2.67. The number of thiazole rings is 1. The van der Waals surface area contributed by atoms with Crippen LogP contribution in [0.3, 0.4) is 0 Å². The van der Waals surface area contributed by atoms with E-state index in [0.29, 0.717) is 0 Å². The van der Waals surface area contributed by atoms with Gasteiger partial charge in [-0.2, -0.15) is 0 Å². The molecule has 4 heteroatoms. The van der Waals surface area contributed by atoms with Crippen molar-refractivity contribution in [3.05, 3.63) is 15.5 Å². The summed E-state index contributed by atoms with van der Waals surface area (Å²) in [4.78, 5) is 4.18. The normalized spacial score (nSPS) is 20.2. The molecule has 2 nitrogen and oxygen atoms in total. The number of methoxy groups -OCH3 is 1. The first-order chi connectivity index (χ1) is 5.27. The van der Waals surface area contributed by atoms with E-state index >= 15 is 0 Å². The monoisotopic (exact) mass is 189 g/mol. The van der Waals surface area contributed by atoms with Gasteiger partial charge in [0.2, 0.25) is 0 Å². The summed E-state index contributed by atoms with van der Waals surface area (Å²) in [5, 5.41) is 1.02. The van der Waals surface area contributed by atoms with Gasteiger partial charge in [0.05, 0.1) is 6.20 Å². The van der Waals surface area contributed by atoms with Crippen LogP contribution in [-0.2, 0) is 10.3 Å². The molecule has 1 aliphatic carbocycles. The van der Waals surface area contributed by atoms with Crippen LogP contribution < -0.4 is 0 Å². The molecule has 0 radical (unpaired) electrons. The number of hydrogen-bond donors (Lipinski definition) is 0. The van der Waals surface area contributed by atoms with Crippen molar-refractivity contribution >= 4 is 22.9 Å². The predicted molar refractivity (Wildman–Crippen MR) is 45.0 cm³/mol. The second-order valence-corrected chi connectivity index (χ2v) is 4.33. The summed E-state index contributed by atoms with van der Waals surface area (Å²) in [5.41, 5.74) is -0.0716. The molecule has 0 unspecified atom stereocenters. The van der Waals surface area contributed by atoms with Crippen molar-refractivity contribution in [3.8, 4) is 0 Å². The van der Waals surface area contributed by atoms with Crippen molar-refractivity contribution in [1.82, 2.24) is 4.98 Å². The molecule has 11 heavy (non-hydrogen) atoms. The zero-order chi connectivity index (χ0) is 7.90. The van der Waals surface area contributed by atoms with E-state index in [0.717, 1.165) is 22.2 Å². The van der Waals surface area contributed by atoms with Gasteiger partial charge in [-0.25, -0.2) is 4.98 Å². The number of rotatable bonds is 2. The predicted octanol–water partition coefficient (Wildman–Crippen LogP) is 2.43. The average Bonchev–Trinajstić information content (AvgIpc) is 2.70. The van der Waals surface area contributed by atoms with Crippen LogP contribution in [0.4, 0.5) is 0 Å². The Morgan fingerprint density at radius 1 is 1.73 bits per heavy atom. The third-order valence-electron chi connectivity index (χ3n) is 1.96. The smallest absolute Gasteiger partial charge is 0.126 e. The van der Waals surface area contributed by atoms with Gasteiger partial charge in [-0.3, -0.25) is 0 Å². The van der Waals surface area contributed by atoms with E-state index in [9.17, 15) is 0 Å². The van der Waals surface area contributed by atoms with E-state index in [4.69, 9.17) is 16.3 Å². The minimum atomic E-state index is -0.0716. The number of halogens is 1. The van der Waals surface area contributed by atoms with Crippen molar-refractivity contribution in [3.63, 3.8) is 0 Å². The Morgan fingerprint density at radius 3 is 2.82 bits per heavy atom. The van der Waals surface area contributed by atoms with Gasteiger partial charge in [-0.1, -0.05) is 11.6 Å². The Balaban J connectivity index is 2.29. The molecule has 1 fully saturated rings. The van der Waals surface area contributed by atoms with Crippen LogP contribution in [0.25, 0.3) is 0 Å². The summed E-state index contributed by atoms with van der Waals surface area (Å²) in [6.45, 7) is 0. The molecule has 0 bridgehead atoms. The Morgan fingerprint density at radius 2 is 2.45 bits per heavy atom. The van der Waals surface area contributed by atoms with Gasteiger partial charge in [0.15, 0.2) is 0 Å². The van der Waals surface area contributed by atoms with Gasteiger partial charge in [-0.15, -0.1) is 11.3 Å². The summed E-state index contributed by atoms with van der Waals surface area (Å²) in [5.74, 6) is 0. The van der Waals surface area contributed by atoms with Crippen LogP contribution in [-0.4, -0.2) is 12.1 Å². The standard InChI is InChI=1S/C7H8ClNOS/c1-10-7(2-3-7)6-9-4-5(8)11-6/h4H,2-3H2,1H3. The highest BCUT2D eigenvalue weighted by Gasteiger charge is 2.47. The second kappa shape index (κ2) is 2.44. The quantitative estimate of drug-likeness (QED) is 0.713. The van der Waals surface area contributed by atoms with Crippen LogP contribution in [0.1, 0.15) is 17.8 Å². The minimum absolute atomic E-state index is 0.0716. The molecule has 60 valence electrons. The van der Waals surface area contributed by atoms with Crippen LogP contribution in [0.2, 0.25) is 4.34 Å². The zero-order valence-corrected chi connectivity index (χ0v) is 7.71. The topological polar surface area (TPSA) is 22.1 Å². The Bertz CT molecular complexity index is 269. The molecule has 0 amide bonds. The van der Waals surface area contributed by atoms with E-state index in [1.54, 1.807) is 13.3 Å². The Labute approximate surface area is 74.2 Å². The first-order valence-corrected chi connectivity index (χ1v) is 4.63. The molecule has 0 aliphatic heterocycles. The molecule has 0 N–H and O–H groups in total. The molecule has 0 aromatic carbocycles. The van der Waals surface area contributed by atoms with Gasteiger partial charge >= 0.3 is 0 Å². The lowest BCUT2D eigenvalue weighted by molar-refractivity contribution is 0.0787. The molecular formula is C7H8ClNOS. The summed E-state index contributed by atoms with van der Waals surface area (Å²) >= 11 is 7.26. The number of aromatic nitrogens is 1. The highest BCUT2D eigenvalue weighted by molar-refractivity contribution is 7.15. The van der Waals surface area contributed by atoms with Gasteiger partial charge < -0.3 is 4.74 Å². The fourth-order valence-corrected chi connectivity index (χ4v) is 2.22. The average molecular weight is 190 g/mol. The SMILES string of the molecule is COC1(c2ncc(Cl)s2)CC1. The molecule has 2 rings (SSSR count). The lowest BCUT2D eigenvalue weighted by Gasteiger charge is -2.07. The first-order valence-electron chi connectivity index (χ1n) is 3.44. The van der Waals surface area contributed by atoms with E-state index in [2.05, 4.69) is 4.98 Å². The highest BCUT2D eigenvalue weighted by atomic mass is 35.5. The molecule has 0 saturated heterocycles. The third kappa shape index (κ3) is 1.17. The summed E-state index contributed by atoms with van der Waals surface area (Å²) in [7, 11) is 1.72. The molecular weight excluding hydrogens is 182 g/mol. The lowest BCUT2D eigenvalue weighted by Crippen LogP contribution is -2.07. The molecule has 0 atom stereocenters. The van der Waals surface area contributed by atoms with Crippen molar-refractivity contribution in [2.45, 2.75) is 18.4 Å². The maximum absolute atomic E-state index is 5.75. The fraction of sp³-hybridized carbons (Fsp3) is 0.571. The van der Waals surface area contributed by atoms with Crippen molar-refractivity contribution in [2.24, 2.45) is 0 Å². The van der Waals surface area contributed by atoms with E-state index in [1.165, 1.54) is 11.3 Å². The number of nitrogens with zero attached hydrogens (tertiary/aromatic N) is 1. The van der Waals surface area contributed by atoms with E-state index < -0.39 is 0 Å². The maximum Gasteiger partial charge on any atom is 0.126 e. The van der Waals surface area contributed by atoms with Gasteiger partial charge in [0, 0.05) is 7.11 Å². The van der Waals surface area contributed by atoms with Crippen molar-refractivity contribution < 1.29 is 4.74 Å². The summed E-state index contributed by atoms with van der Waals surface area (Å²) < 4.78 is 6.08. The minimum Gasteiger partial charge on any atom is -0.371 e. The fourth-order valence-electron chi connectivity index (χ4n) is 1.08. The molecule has 1 aromatic rings. The van der Waals surface area contributed by atoms with Gasteiger partial charge in [0.1, 0.15) is 14.9 Å². The van der Waals surface area contributed by atoms with Crippen molar-refractivity contribution in [1.29, 1.82) is 0 Å².